The Morgan fingerprint density at radius 1 is 1.28 bits per heavy atom. The third kappa shape index (κ3) is 6.99. The summed E-state index contributed by atoms with van der Waals surface area (Å²) in [5.41, 5.74) is 0. The molecule has 0 saturated heterocycles. The van der Waals surface area contributed by atoms with Crippen molar-refractivity contribution in [2.45, 2.75) is 26.4 Å². The van der Waals surface area contributed by atoms with E-state index in [-0.39, 0.29) is 6.10 Å². The van der Waals surface area contributed by atoms with Gasteiger partial charge in [0, 0.05) is 17.6 Å². The number of halogens is 1. The molecule has 1 unspecified atom stereocenters. The topological polar surface area (TPSA) is 41.5 Å². The van der Waals surface area contributed by atoms with E-state index in [1.54, 1.807) is 0 Å². The van der Waals surface area contributed by atoms with Gasteiger partial charge < -0.3 is 15.2 Å². The summed E-state index contributed by atoms with van der Waals surface area (Å²) in [6, 6.07) is 7.76. The van der Waals surface area contributed by atoms with Gasteiger partial charge >= 0.3 is 0 Å². The van der Waals surface area contributed by atoms with Crippen molar-refractivity contribution in [1.82, 2.24) is 5.32 Å². The average molecular weight is 316 g/mol. The van der Waals surface area contributed by atoms with Gasteiger partial charge in [0.1, 0.15) is 12.4 Å². The molecule has 0 aliphatic heterocycles. The van der Waals surface area contributed by atoms with Crippen LogP contribution in [-0.4, -0.2) is 30.9 Å². The lowest BCUT2D eigenvalue weighted by molar-refractivity contribution is 0.144. The summed E-state index contributed by atoms with van der Waals surface area (Å²) < 4.78 is 6.61. The Bertz CT molecular complexity index is 327. The summed E-state index contributed by atoms with van der Waals surface area (Å²) in [4.78, 5) is 0. The third-order valence-electron chi connectivity index (χ3n) is 2.48. The van der Waals surface area contributed by atoms with Crippen molar-refractivity contribution in [3.05, 3.63) is 28.7 Å². The summed E-state index contributed by atoms with van der Waals surface area (Å²) in [5, 5.41) is 12.8. The van der Waals surface area contributed by atoms with Crippen molar-refractivity contribution in [2.24, 2.45) is 5.92 Å². The van der Waals surface area contributed by atoms with E-state index in [9.17, 15) is 5.11 Å². The molecule has 1 atom stereocenters. The zero-order chi connectivity index (χ0) is 13.4. The molecule has 0 aliphatic carbocycles. The predicted molar refractivity (Wildman–Crippen MR) is 78.0 cm³/mol. The van der Waals surface area contributed by atoms with E-state index in [1.165, 1.54) is 0 Å². The molecule has 0 amide bonds. The van der Waals surface area contributed by atoms with Gasteiger partial charge in [-0.15, -0.1) is 0 Å². The van der Waals surface area contributed by atoms with Gasteiger partial charge in [-0.25, -0.2) is 0 Å². The number of nitrogens with one attached hydrogen (secondary N) is 1. The standard InChI is InChI=1S/C14H22BrNO2/c1-11(2)9-13(17)10-16-7-8-18-14-5-3-12(15)4-6-14/h3-6,11,13,16-17H,7-10H2,1-2H3. The van der Waals surface area contributed by atoms with Gasteiger partial charge in [-0.2, -0.15) is 0 Å². The van der Waals surface area contributed by atoms with Crippen molar-refractivity contribution in [3.63, 3.8) is 0 Å². The maximum atomic E-state index is 9.66. The van der Waals surface area contributed by atoms with E-state index in [0.29, 0.717) is 19.1 Å². The van der Waals surface area contributed by atoms with E-state index in [2.05, 4.69) is 35.1 Å². The Labute approximate surface area is 118 Å². The van der Waals surface area contributed by atoms with Gasteiger partial charge in [-0.05, 0) is 36.6 Å². The third-order valence-corrected chi connectivity index (χ3v) is 3.01. The van der Waals surface area contributed by atoms with Crippen LogP contribution in [0.4, 0.5) is 0 Å². The molecule has 0 spiro atoms. The van der Waals surface area contributed by atoms with Gasteiger partial charge in [0.15, 0.2) is 0 Å². The average Bonchev–Trinajstić information content (AvgIpc) is 2.30. The summed E-state index contributed by atoms with van der Waals surface area (Å²) in [5.74, 6) is 1.39. The smallest absolute Gasteiger partial charge is 0.119 e. The Morgan fingerprint density at radius 3 is 2.56 bits per heavy atom. The van der Waals surface area contributed by atoms with Crippen molar-refractivity contribution in [1.29, 1.82) is 0 Å². The number of benzene rings is 1. The molecule has 1 aromatic carbocycles. The minimum atomic E-state index is -0.266. The van der Waals surface area contributed by atoms with Crippen molar-refractivity contribution in [2.75, 3.05) is 19.7 Å². The fourth-order valence-corrected chi connectivity index (χ4v) is 1.93. The van der Waals surface area contributed by atoms with Crippen LogP contribution < -0.4 is 10.1 Å². The second kappa shape index (κ2) is 8.51. The highest BCUT2D eigenvalue weighted by molar-refractivity contribution is 9.10. The van der Waals surface area contributed by atoms with E-state index in [1.807, 2.05) is 24.3 Å². The van der Waals surface area contributed by atoms with E-state index in [4.69, 9.17) is 4.74 Å². The molecule has 0 bridgehead atoms. The highest BCUT2D eigenvalue weighted by Crippen LogP contribution is 2.15. The number of hydrogen-bond donors (Lipinski definition) is 2. The van der Waals surface area contributed by atoms with Crippen molar-refractivity contribution >= 4 is 15.9 Å². The molecule has 1 aromatic rings. The lowest BCUT2D eigenvalue weighted by Crippen LogP contribution is -2.30. The molecule has 0 aliphatic rings. The summed E-state index contributed by atoms with van der Waals surface area (Å²) in [6.07, 6.45) is 0.568. The molecule has 4 heteroatoms. The first-order valence-electron chi connectivity index (χ1n) is 6.35. The predicted octanol–water partition coefficient (Wildman–Crippen LogP) is 2.82. The molecule has 102 valence electrons. The van der Waals surface area contributed by atoms with E-state index >= 15 is 0 Å². The van der Waals surface area contributed by atoms with E-state index in [0.717, 1.165) is 23.2 Å². The fourth-order valence-electron chi connectivity index (χ4n) is 1.67. The highest BCUT2D eigenvalue weighted by Gasteiger charge is 2.05. The van der Waals surface area contributed by atoms with E-state index < -0.39 is 0 Å². The van der Waals surface area contributed by atoms with Crippen molar-refractivity contribution < 1.29 is 9.84 Å². The van der Waals surface area contributed by atoms with Gasteiger partial charge in [0.25, 0.3) is 0 Å². The molecule has 0 radical (unpaired) electrons. The molecule has 18 heavy (non-hydrogen) atoms. The minimum absolute atomic E-state index is 0.266. The maximum Gasteiger partial charge on any atom is 0.119 e. The number of ether oxygens (including phenoxy) is 1. The lowest BCUT2D eigenvalue weighted by atomic mass is 10.1. The molecular formula is C14H22BrNO2. The molecule has 2 N–H and O–H groups in total. The summed E-state index contributed by atoms with van der Waals surface area (Å²) in [6.45, 7) is 6.20. The molecular weight excluding hydrogens is 294 g/mol. The molecule has 1 rings (SSSR count). The number of rotatable bonds is 8. The van der Waals surface area contributed by atoms with Crippen LogP contribution >= 0.6 is 15.9 Å². The fraction of sp³-hybridized carbons (Fsp3) is 0.571. The van der Waals surface area contributed by atoms with Crippen LogP contribution in [0.3, 0.4) is 0 Å². The summed E-state index contributed by atoms with van der Waals surface area (Å²) in [7, 11) is 0. The van der Waals surface area contributed by atoms with Gasteiger partial charge in [0.05, 0.1) is 6.10 Å². The Kier molecular flexibility index (Phi) is 7.32. The van der Waals surface area contributed by atoms with Crippen LogP contribution in [0.1, 0.15) is 20.3 Å². The highest BCUT2D eigenvalue weighted by atomic mass is 79.9. The second-order valence-corrected chi connectivity index (χ2v) is 5.71. The molecule has 3 nitrogen and oxygen atoms in total. The van der Waals surface area contributed by atoms with Gasteiger partial charge in [-0.1, -0.05) is 29.8 Å². The first-order chi connectivity index (χ1) is 8.58. The van der Waals surface area contributed by atoms with Crippen LogP contribution in [0.15, 0.2) is 28.7 Å². The number of aliphatic hydroxyl groups excluding tert-OH is 1. The van der Waals surface area contributed by atoms with Crippen LogP contribution in [0.25, 0.3) is 0 Å². The maximum absolute atomic E-state index is 9.66. The zero-order valence-electron chi connectivity index (χ0n) is 11.0. The number of hydrogen-bond acceptors (Lipinski definition) is 3. The van der Waals surface area contributed by atoms with Crippen LogP contribution in [-0.2, 0) is 0 Å². The monoisotopic (exact) mass is 315 g/mol. The van der Waals surface area contributed by atoms with Crippen molar-refractivity contribution in [3.8, 4) is 5.75 Å². The second-order valence-electron chi connectivity index (χ2n) is 4.79. The molecule has 0 saturated carbocycles. The SMILES string of the molecule is CC(C)CC(O)CNCCOc1ccc(Br)cc1. The van der Waals surface area contributed by atoms with Gasteiger partial charge in [0.2, 0.25) is 0 Å². The minimum Gasteiger partial charge on any atom is -0.492 e. The van der Waals surface area contributed by atoms with Crippen LogP contribution in [0.2, 0.25) is 0 Å². The zero-order valence-corrected chi connectivity index (χ0v) is 12.6. The molecule has 0 aromatic heterocycles. The normalized spacial score (nSPS) is 12.7. The first-order valence-corrected chi connectivity index (χ1v) is 7.14. The Hall–Kier alpha value is -0.580. The summed E-state index contributed by atoms with van der Waals surface area (Å²) >= 11 is 3.38. The Morgan fingerprint density at radius 2 is 1.94 bits per heavy atom. The molecule has 0 fully saturated rings. The molecule has 0 heterocycles. The largest absolute Gasteiger partial charge is 0.492 e. The van der Waals surface area contributed by atoms with Crippen LogP contribution in [0, 0.1) is 5.92 Å². The van der Waals surface area contributed by atoms with Gasteiger partial charge in [-0.3, -0.25) is 0 Å². The Balaban J connectivity index is 2.06. The van der Waals surface area contributed by atoms with Crippen LogP contribution in [0.5, 0.6) is 5.75 Å². The number of aliphatic hydroxyl groups is 1. The lowest BCUT2D eigenvalue weighted by Gasteiger charge is -2.14. The quantitative estimate of drug-likeness (QED) is 0.725. The first kappa shape index (κ1) is 15.5.